The average molecular weight is 627 g/mol. The number of nitrogens with zero attached hydrogens (tertiary/aromatic N) is 3. The number of phosphoric ester groups is 1. The molecule has 1 aliphatic rings. The predicted octanol–water partition coefficient (Wildman–Crippen LogP) is -0.665. The van der Waals surface area contributed by atoms with Crippen LogP contribution < -0.4 is 17.0 Å². The molecule has 39 heavy (non-hydrogen) atoms. The van der Waals surface area contributed by atoms with Gasteiger partial charge in [-0.25, -0.2) is 23.1 Å². The summed E-state index contributed by atoms with van der Waals surface area (Å²) in [5, 5.41) is 10.1. The zero-order valence-corrected chi connectivity index (χ0v) is 23.6. The number of aliphatic hydroxyl groups excluding tert-OH is 1. The van der Waals surface area contributed by atoms with Crippen LogP contribution in [0.5, 0.6) is 0 Å². The number of ether oxygens (including phenoxy) is 1. The Morgan fingerprint density at radius 2 is 1.64 bits per heavy atom. The van der Waals surface area contributed by atoms with Crippen molar-refractivity contribution in [3.8, 4) is 0 Å². The number of imidazole rings is 1. The molecule has 3 rings (SSSR count). The third-order valence-electron chi connectivity index (χ3n) is 5.25. The van der Waals surface area contributed by atoms with Gasteiger partial charge in [0.15, 0.2) is 11.2 Å². The minimum atomic E-state index is -5.71. The van der Waals surface area contributed by atoms with Crippen molar-refractivity contribution >= 4 is 40.6 Å². The van der Waals surface area contributed by atoms with Gasteiger partial charge in [0.2, 0.25) is 5.95 Å². The van der Waals surface area contributed by atoms with Gasteiger partial charge in [-0.1, -0.05) is 20.8 Å². The van der Waals surface area contributed by atoms with Crippen LogP contribution in [0.4, 0.5) is 5.95 Å². The van der Waals surface area contributed by atoms with Gasteiger partial charge in [0.05, 0.1) is 12.7 Å². The van der Waals surface area contributed by atoms with E-state index in [1.54, 1.807) is 0 Å². The van der Waals surface area contributed by atoms with Gasteiger partial charge >= 0.3 is 29.2 Å². The Balaban J connectivity index is 0.000000673. The van der Waals surface area contributed by atoms with Crippen LogP contribution in [0.3, 0.4) is 0 Å². The number of aliphatic hydroxyl groups is 1. The molecule has 1 aliphatic heterocycles. The van der Waals surface area contributed by atoms with Gasteiger partial charge in [-0.2, -0.15) is 13.6 Å². The molecular weight excluding hydrogens is 596 g/mol. The normalized spacial score (nSPS) is 22.8. The van der Waals surface area contributed by atoms with Crippen LogP contribution >= 0.6 is 23.5 Å². The molecule has 1 saturated heterocycles. The summed E-state index contributed by atoms with van der Waals surface area (Å²) < 4.78 is 51.5. The number of hydrogen-bond donors (Lipinski definition) is 8. The van der Waals surface area contributed by atoms with Crippen LogP contribution in [0.2, 0.25) is 0 Å². The molecule has 0 bridgehead atoms. The maximum absolute atomic E-state index is 12.2. The fourth-order valence-corrected chi connectivity index (χ4v) is 6.49. The summed E-state index contributed by atoms with van der Waals surface area (Å²) in [5.74, 6) is -0.307. The highest BCUT2D eigenvalue weighted by molar-refractivity contribution is 7.66. The van der Waals surface area contributed by atoms with Gasteiger partial charge in [0.25, 0.3) is 5.56 Å². The number of anilines is 1. The van der Waals surface area contributed by atoms with Gasteiger partial charge in [0.1, 0.15) is 12.3 Å². The van der Waals surface area contributed by atoms with E-state index in [0.29, 0.717) is 0 Å². The summed E-state index contributed by atoms with van der Waals surface area (Å²) in [6.07, 6.45) is -4.29. The molecule has 0 aliphatic carbocycles. The Kier molecular flexibility index (Phi) is 11.4. The van der Waals surface area contributed by atoms with Crippen LogP contribution in [0.15, 0.2) is 9.59 Å². The minimum Gasteiger partial charge on any atom is -0.390 e. The lowest BCUT2D eigenvalue weighted by atomic mass is 10.2. The molecule has 224 valence electrons. The van der Waals surface area contributed by atoms with E-state index in [-0.39, 0.29) is 23.5 Å². The summed E-state index contributed by atoms with van der Waals surface area (Å²) in [5.41, 5.74) is 3.46. The predicted molar refractivity (Wildman–Crippen MR) is 133 cm³/mol. The fraction of sp³-hybridized carbons (Fsp3) is 0.688. The third kappa shape index (κ3) is 9.68. The zero-order valence-electron chi connectivity index (χ0n) is 20.9. The Morgan fingerprint density at radius 1 is 1.05 bits per heavy atom. The Labute approximate surface area is 220 Å². The van der Waals surface area contributed by atoms with Crippen LogP contribution in [-0.4, -0.2) is 87.5 Å². The zero-order chi connectivity index (χ0) is 29.8. The Hall–Kier alpha value is -1.76. The van der Waals surface area contributed by atoms with E-state index >= 15 is 0 Å². The summed E-state index contributed by atoms with van der Waals surface area (Å²) in [7, 11) is -16.7. The second-order valence-electron chi connectivity index (χ2n) is 7.89. The second-order valence-corrected chi connectivity index (χ2v) is 12.3. The lowest BCUT2D eigenvalue weighted by molar-refractivity contribution is -0.0432. The molecule has 0 radical (unpaired) electrons. The van der Waals surface area contributed by atoms with Crippen molar-refractivity contribution in [2.75, 3.05) is 32.0 Å². The summed E-state index contributed by atoms with van der Waals surface area (Å²) in [6, 6.07) is 0. The monoisotopic (exact) mass is 627 g/mol. The number of rotatable bonds is 11. The third-order valence-corrected chi connectivity index (χ3v) is 9.05. The van der Waals surface area contributed by atoms with Gasteiger partial charge < -0.3 is 40.1 Å². The highest BCUT2D eigenvalue weighted by Crippen LogP contribution is 2.66. The van der Waals surface area contributed by atoms with Crippen LogP contribution in [0.25, 0.3) is 11.2 Å². The van der Waals surface area contributed by atoms with Gasteiger partial charge in [-0.05, 0) is 19.6 Å². The van der Waals surface area contributed by atoms with Crippen molar-refractivity contribution in [2.45, 2.75) is 45.6 Å². The number of aromatic amines is 2. The summed E-state index contributed by atoms with van der Waals surface area (Å²) in [6.45, 7) is 9.19. The quantitative estimate of drug-likeness (QED) is 0.113. The van der Waals surface area contributed by atoms with Crippen molar-refractivity contribution in [1.82, 2.24) is 24.4 Å². The minimum absolute atomic E-state index is 0.193. The molecule has 0 amide bonds. The van der Waals surface area contributed by atoms with E-state index in [2.05, 4.69) is 53.8 Å². The van der Waals surface area contributed by atoms with Crippen LogP contribution in [0.1, 0.15) is 33.4 Å². The smallest absolute Gasteiger partial charge is 0.390 e. The lowest BCUT2D eigenvalue weighted by Crippen LogP contribution is -2.26. The number of nitrogens with two attached hydrogens (primary N) is 1. The van der Waals surface area contributed by atoms with E-state index in [1.165, 1.54) is 19.6 Å². The Bertz CT molecular complexity index is 1380. The molecule has 2 aromatic rings. The first-order valence-electron chi connectivity index (χ1n) is 11.3. The van der Waals surface area contributed by atoms with Crippen molar-refractivity contribution in [3.63, 3.8) is 0 Å². The largest absolute Gasteiger partial charge is 0.490 e. The standard InChI is InChI=1S/C10H16N5O14P3.C6H15N/c11-9-13-7-6(8(17)14-9)12-10(18)15(7)5-1-3(16)4(27-5)2-26-31(22,23)29-32(24,25)28-30(19,20)21;1-4-7(5-2)6-3/h3-5,16H,1-2H2,(H,12,18)(H,22,23)(H,24,25)(H2,19,20,21)(H3,11,13,14,17);4-6H2,1-3H3/t3-,4+,5+;/m0./s1/i9+1,11+1,14+1;. The van der Waals surface area contributed by atoms with E-state index in [1.807, 2.05) is 0 Å². The second kappa shape index (κ2) is 13.3. The van der Waals surface area contributed by atoms with Crippen LogP contribution in [0, 0.1) is 0 Å². The lowest BCUT2D eigenvalue weighted by Gasteiger charge is -2.19. The van der Waals surface area contributed by atoms with Gasteiger partial charge in [-0.15, -0.1) is 0 Å². The molecular formula is C16H31N6O14P3. The number of aromatic nitrogens is 4. The van der Waals surface area contributed by atoms with Crippen molar-refractivity contribution in [3.05, 3.63) is 20.8 Å². The molecule has 9 N–H and O–H groups in total. The van der Waals surface area contributed by atoms with Crippen molar-refractivity contribution in [1.29, 1.82) is 0 Å². The molecule has 0 spiro atoms. The molecule has 0 aromatic carbocycles. The number of nitrogens with one attached hydrogen (secondary N) is 2. The highest BCUT2D eigenvalue weighted by Gasteiger charge is 2.43. The first kappa shape index (κ1) is 33.4. The topological polar surface area (TPSA) is 302 Å². The van der Waals surface area contributed by atoms with Crippen molar-refractivity contribution < 1.29 is 56.3 Å². The first-order valence-corrected chi connectivity index (χ1v) is 15.8. The van der Waals surface area contributed by atoms with E-state index in [4.69, 9.17) is 25.2 Å². The highest BCUT2D eigenvalue weighted by atomic mass is 31.3. The number of nitrogen functional groups attached to an aromatic ring is 1. The van der Waals surface area contributed by atoms with E-state index in [9.17, 15) is 33.3 Å². The molecule has 1 fully saturated rings. The number of hydrogen-bond acceptors (Lipinski definition) is 13. The Morgan fingerprint density at radius 3 is 2.15 bits per heavy atom. The molecule has 5 atom stereocenters. The molecule has 2 unspecified atom stereocenters. The van der Waals surface area contributed by atoms with Gasteiger partial charge in [-0.3, -0.25) is 19.3 Å². The molecule has 3 heterocycles. The molecule has 0 saturated carbocycles. The number of fused-ring (bicyclic) bond motifs is 1. The first-order chi connectivity index (χ1) is 17.9. The SMILES string of the molecule is CCN(CC)CC.[15NH2][13c]1nc2c([nH]c(=O)n2[C@H]2C[C@H](O)[C@@H](COP(=O)(O)OP(=O)(O)OP(=O)(O)O)O2)c(=O)[15nH]1. The van der Waals surface area contributed by atoms with Gasteiger partial charge in [0, 0.05) is 6.42 Å². The fourth-order valence-electron chi connectivity index (χ4n) is 3.46. The summed E-state index contributed by atoms with van der Waals surface area (Å²) >= 11 is 0. The molecule has 20 nitrogen and oxygen atoms in total. The number of phosphoric acid groups is 3. The molecule has 23 heteroatoms. The van der Waals surface area contributed by atoms with Crippen LogP contribution in [-0.2, 0) is 31.6 Å². The molecule has 2 aromatic heterocycles. The average Bonchev–Trinajstić information content (AvgIpc) is 3.30. The maximum Gasteiger partial charge on any atom is 0.490 e. The maximum atomic E-state index is 12.2. The summed E-state index contributed by atoms with van der Waals surface area (Å²) in [4.78, 5) is 70.3. The van der Waals surface area contributed by atoms with E-state index < -0.39 is 59.8 Å². The van der Waals surface area contributed by atoms with Crippen molar-refractivity contribution in [2.24, 2.45) is 0 Å². The van der Waals surface area contributed by atoms with E-state index in [0.717, 1.165) is 4.57 Å². The number of H-pyrrole nitrogens is 2.